The van der Waals surface area contributed by atoms with Crippen LogP contribution in [0.5, 0.6) is 0 Å². The Labute approximate surface area is 255 Å². The average Bonchev–Trinajstić information content (AvgIpc) is 3.21. The van der Waals surface area contributed by atoms with Crippen LogP contribution in [0, 0.1) is 23.2 Å². The summed E-state index contributed by atoms with van der Waals surface area (Å²) in [5.41, 5.74) is 0.572. The Balaban J connectivity index is 1.59. The van der Waals surface area contributed by atoms with E-state index >= 15 is 0 Å². The lowest BCUT2D eigenvalue weighted by atomic mass is 9.77. The first-order chi connectivity index (χ1) is 19.7. The van der Waals surface area contributed by atoms with Crippen molar-refractivity contribution in [3.05, 3.63) is 60.2 Å². The Kier molecular flexibility index (Phi) is 8.20. The summed E-state index contributed by atoms with van der Waals surface area (Å²) in [7, 11) is 0. The molecule has 0 radical (unpaired) electrons. The molecule has 0 aliphatic carbocycles. The molecule has 1 spiro atoms. The molecule has 1 aromatic carbocycles. The molecule has 1 unspecified atom stereocenters. The Morgan fingerprint density at radius 1 is 0.976 bits per heavy atom. The van der Waals surface area contributed by atoms with E-state index in [0.717, 1.165) is 12.0 Å². The zero-order valence-electron chi connectivity index (χ0n) is 26.1. The van der Waals surface area contributed by atoms with Crippen LogP contribution in [0.3, 0.4) is 0 Å². The van der Waals surface area contributed by atoms with Crippen LogP contribution in [-0.2, 0) is 20.9 Å². The molecule has 2 saturated heterocycles. The molecule has 7 nitrogen and oxygen atoms in total. The van der Waals surface area contributed by atoms with Crippen molar-refractivity contribution in [2.75, 3.05) is 19.7 Å². The van der Waals surface area contributed by atoms with Crippen LogP contribution in [-0.4, -0.2) is 84.8 Å². The molecule has 8 heteroatoms. The number of likely N-dealkylation sites (tertiary alicyclic amines) is 1. The number of carbonyl (C=O) groups is 3. The van der Waals surface area contributed by atoms with Crippen molar-refractivity contribution < 1.29 is 19.5 Å². The molecule has 0 saturated carbocycles. The highest BCUT2D eigenvalue weighted by atomic mass is 32.2. The third-order valence-corrected chi connectivity index (χ3v) is 11.1. The highest BCUT2D eigenvalue weighted by molar-refractivity contribution is 8.02. The Morgan fingerprint density at radius 3 is 2.29 bits per heavy atom. The van der Waals surface area contributed by atoms with Gasteiger partial charge >= 0.3 is 0 Å². The first kappa shape index (κ1) is 30.9. The lowest BCUT2D eigenvalue weighted by Crippen LogP contribution is -2.61. The van der Waals surface area contributed by atoms with Crippen LogP contribution in [0.15, 0.2) is 54.6 Å². The molecule has 42 heavy (non-hydrogen) atoms. The number of amides is 3. The van der Waals surface area contributed by atoms with Gasteiger partial charge in [-0.05, 0) is 37.2 Å². The molecule has 6 atom stereocenters. The molecule has 4 aliphatic rings. The van der Waals surface area contributed by atoms with E-state index < -0.39 is 34.2 Å². The second kappa shape index (κ2) is 11.2. The highest BCUT2D eigenvalue weighted by Crippen LogP contribution is 2.62. The van der Waals surface area contributed by atoms with Crippen molar-refractivity contribution in [2.45, 2.75) is 89.1 Å². The Hall–Kier alpha value is -2.58. The predicted octanol–water partition coefficient (Wildman–Crippen LogP) is 4.51. The van der Waals surface area contributed by atoms with Crippen molar-refractivity contribution in [3.8, 4) is 0 Å². The standard InChI is InChI=1S/C34H47N3O4S/c1-22(2)24(20-38)37-28-31(41)36(33(6,7)21-32(3,4)5)18-12-16-34(28)27(30(37)40)26-25(42-34)15-11-17-35(29(26)39)19-23-13-9-8-10-14-23/h8-16,22,24-28,38H,17-21H2,1-7H3/t24-,25+,26-,27-,28?,34-/m0/s1. The van der Waals surface area contributed by atoms with Crippen LogP contribution in [0.1, 0.15) is 60.5 Å². The second-order valence-corrected chi connectivity index (χ2v) is 16.1. The minimum absolute atomic E-state index is 0.00844. The summed E-state index contributed by atoms with van der Waals surface area (Å²) in [6.45, 7) is 15.8. The predicted molar refractivity (Wildman–Crippen MR) is 167 cm³/mol. The minimum atomic E-state index is -0.895. The normalized spacial score (nSPS) is 30.4. The largest absolute Gasteiger partial charge is 0.394 e. The summed E-state index contributed by atoms with van der Waals surface area (Å²) < 4.78 is -0.895. The number of hydrogen-bond acceptors (Lipinski definition) is 5. The third kappa shape index (κ3) is 5.23. The van der Waals surface area contributed by atoms with Gasteiger partial charge in [0, 0.05) is 30.4 Å². The van der Waals surface area contributed by atoms with Crippen LogP contribution in [0.2, 0.25) is 0 Å². The third-order valence-electron chi connectivity index (χ3n) is 9.40. The van der Waals surface area contributed by atoms with Crippen molar-refractivity contribution in [1.82, 2.24) is 14.7 Å². The van der Waals surface area contributed by atoms with Gasteiger partial charge in [0.1, 0.15) is 6.04 Å². The van der Waals surface area contributed by atoms with Gasteiger partial charge in [0.05, 0.1) is 29.2 Å². The maximum absolute atomic E-state index is 14.8. The van der Waals surface area contributed by atoms with Gasteiger partial charge < -0.3 is 19.8 Å². The Morgan fingerprint density at radius 2 is 1.67 bits per heavy atom. The molecule has 4 heterocycles. The van der Waals surface area contributed by atoms with Gasteiger partial charge in [-0.15, -0.1) is 11.8 Å². The van der Waals surface area contributed by atoms with Gasteiger partial charge in [-0.1, -0.05) is 89.3 Å². The van der Waals surface area contributed by atoms with Gasteiger partial charge in [0.2, 0.25) is 17.7 Å². The summed E-state index contributed by atoms with van der Waals surface area (Å²) in [6, 6.07) is 8.60. The quantitative estimate of drug-likeness (QED) is 0.471. The van der Waals surface area contributed by atoms with Gasteiger partial charge in [-0.25, -0.2) is 0 Å². The van der Waals surface area contributed by atoms with E-state index in [9.17, 15) is 19.5 Å². The molecular formula is C34H47N3O4S. The lowest BCUT2D eigenvalue weighted by molar-refractivity contribution is -0.150. The van der Waals surface area contributed by atoms with Gasteiger partial charge in [-0.2, -0.15) is 0 Å². The number of hydrogen-bond donors (Lipinski definition) is 1. The molecule has 228 valence electrons. The molecule has 4 aliphatic heterocycles. The zero-order valence-corrected chi connectivity index (χ0v) is 26.9. The Bertz CT molecular complexity index is 1270. The first-order valence-electron chi connectivity index (χ1n) is 15.3. The molecule has 0 bridgehead atoms. The highest BCUT2D eigenvalue weighted by Gasteiger charge is 2.72. The second-order valence-electron chi connectivity index (χ2n) is 14.6. The molecular weight excluding hydrogens is 546 g/mol. The van der Waals surface area contributed by atoms with Crippen molar-refractivity contribution in [2.24, 2.45) is 23.2 Å². The number of carbonyl (C=O) groups excluding carboxylic acids is 3. The van der Waals surface area contributed by atoms with Crippen LogP contribution in [0.25, 0.3) is 0 Å². The number of nitrogens with zero attached hydrogens (tertiary/aromatic N) is 3. The molecule has 3 amide bonds. The van der Waals surface area contributed by atoms with Crippen LogP contribution < -0.4 is 0 Å². The number of aliphatic hydroxyl groups excluding tert-OH is 1. The van der Waals surface area contributed by atoms with Crippen LogP contribution in [0.4, 0.5) is 0 Å². The maximum Gasteiger partial charge on any atom is 0.247 e. The maximum atomic E-state index is 14.8. The van der Waals surface area contributed by atoms with Crippen molar-refractivity contribution >= 4 is 29.5 Å². The molecule has 1 N–H and O–H groups in total. The topological polar surface area (TPSA) is 81.2 Å². The summed E-state index contributed by atoms with van der Waals surface area (Å²) in [5, 5.41) is 10.4. The van der Waals surface area contributed by atoms with Gasteiger partial charge in [0.25, 0.3) is 0 Å². The summed E-state index contributed by atoms with van der Waals surface area (Å²) in [4.78, 5) is 49.3. The number of aliphatic hydroxyl groups is 1. The minimum Gasteiger partial charge on any atom is -0.394 e. The summed E-state index contributed by atoms with van der Waals surface area (Å²) in [6.07, 6.45) is 9.03. The monoisotopic (exact) mass is 593 g/mol. The van der Waals surface area contributed by atoms with E-state index in [0.29, 0.717) is 19.6 Å². The molecule has 5 rings (SSSR count). The zero-order chi connectivity index (χ0) is 30.6. The summed E-state index contributed by atoms with van der Waals surface area (Å²) >= 11 is 1.60. The van der Waals surface area contributed by atoms with Gasteiger partial charge in [-0.3, -0.25) is 14.4 Å². The molecule has 2 fully saturated rings. The summed E-state index contributed by atoms with van der Waals surface area (Å²) in [5.74, 6) is -1.67. The fraction of sp³-hybridized carbons (Fsp3) is 0.618. The first-order valence-corrected chi connectivity index (χ1v) is 16.2. The van der Waals surface area contributed by atoms with E-state index in [2.05, 4.69) is 46.8 Å². The fourth-order valence-electron chi connectivity index (χ4n) is 7.99. The molecule has 1 aromatic rings. The fourth-order valence-corrected chi connectivity index (χ4v) is 9.98. The van der Waals surface area contributed by atoms with Crippen LogP contribution >= 0.6 is 11.8 Å². The van der Waals surface area contributed by atoms with E-state index in [1.165, 1.54) is 0 Å². The van der Waals surface area contributed by atoms with Crippen molar-refractivity contribution in [3.63, 3.8) is 0 Å². The number of thioether (sulfide) groups is 1. The SMILES string of the molecule is CC(C)[C@H](CO)N1C(=O)[C@@H]2[C@H]3C(=O)N(Cc4ccccc4)CC=C[C@H]3S[C@@]23C=CCN(C(C)(C)CC(C)(C)C)C(=O)C13. The smallest absolute Gasteiger partial charge is 0.247 e. The van der Waals surface area contributed by atoms with Gasteiger partial charge in [0.15, 0.2) is 0 Å². The average molecular weight is 594 g/mol. The van der Waals surface area contributed by atoms with E-state index in [1.807, 2.05) is 66.1 Å². The van der Waals surface area contributed by atoms with E-state index in [4.69, 9.17) is 0 Å². The van der Waals surface area contributed by atoms with E-state index in [-0.39, 0.29) is 40.9 Å². The number of rotatable bonds is 7. The number of benzene rings is 1. The van der Waals surface area contributed by atoms with Crippen molar-refractivity contribution in [1.29, 1.82) is 0 Å². The number of fused-ring (bicyclic) bond motifs is 2. The molecule has 0 aromatic heterocycles. The van der Waals surface area contributed by atoms with E-state index in [1.54, 1.807) is 16.7 Å². The lowest BCUT2D eigenvalue weighted by Gasteiger charge is -2.45.